The summed E-state index contributed by atoms with van der Waals surface area (Å²) in [7, 11) is 3.71. The van der Waals surface area contributed by atoms with Gasteiger partial charge >= 0.3 is 5.97 Å². The maximum atomic E-state index is 10.8. The van der Waals surface area contributed by atoms with E-state index in [2.05, 4.69) is 10.2 Å². The van der Waals surface area contributed by atoms with E-state index in [1.807, 2.05) is 13.1 Å². The molecule has 0 heterocycles. The molecule has 0 radical (unpaired) electrons. The molecule has 0 fully saturated rings. The van der Waals surface area contributed by atoms with Crippen LogP contribution in [0.4, 0.5) is 5.69 Å². The highest BCUT2D eigenvalue weighted by Crippen LogP contribution is 2.10. The number of carbonyl (C=O) groups is 1. The van der Waals surface area contributed by atoms with E-state index in [0.717, 1.165) is 25.3 Å². The zero-order valence-electron chi connectivity index (χ0n) is 10.8. The number of methoxy groups -OCH3 is 1. The van der Waals surface area contributed by atoms with E-state index in [1.54, 1.807) is 25.3 Å². The number of ether oxygens (including phenoxy) is 1. The minimum atomic E-state index is -0.907. The Morgan fingerprint density at radius 2 is 2.22 bits per heavy atom. The van der Waals surface area contributed by atoms with Crippen molar-refractivity contribution in [2.24, 2.45) is 0 Å². The molecule has 1 aromatic carbocycles. The summed E-state index contributed by atoms with van der Waals surface area (Å²) in [6, 6.07) is 6.82. The number of rotatable bonds is 8. The number of hydrogen-bond donors (Lipinski definition) is 2. The van der Waals surface area contributed by atoms with Crippen molar-refractivity contribution in [3.8, 4) is 0 Å². The van der Waals surface area contributed by atoms with Crippen molar-refractivity contribution in [2.45, 2.75) is 0 Å². The first-order valence-electron chi connectivity index (χ1n) is 5.88. The van der Waals surface area contributed by atoms with Gasteiger partial charge in [-0.05, 0) is 25.2 Å². The topological polar surface area (TPSA) is 61.8 Å². The molecular weight excluding hydrogens is 232 g/mol. The lowest BCUT2D eigenvalue weighted by atomic mass is 10.2. The summed E-state index contributed by atoms with van der Waals surface area (Å²) in [5.74, 6) is -0.907. The van der Waals surface area contributed by atoms with Crippen molar-refractivity contribution in [2.75, 3.05) is 45.7 Å². The van der Waals surface area contributed by atoms with Gasteiger partial charge in [0.05, 0.1) is 12.2 Å². The van der Waals surface area contributed by atoms with Gasteiger partial charge in [0.1, 0.15) is 0 Å². The van der Waals surface area contributed by atoms with E-state index < -0.39 is 5.97 Å². The molecule has 0 aliphatic carbocycles. The molecule has 0 saturated carbocycles. The van der Waals surface area contributed by atoms with Crippen LogP contribution in [0, 0.1) is 0 Å². The largest absolute Gasteiger partial charge is 0.478 e. The minimum Gasteiger partial charge on any atom is -0.478 e. The van der Waals surface area contributed by atoms with Crippen molar-refractivity contribution in [3.05, 3.63) is 29.8 Å². The van der Waals surface area contributed by atoms with Crippen LogP contribution in [0.1, 0.15) is 10.4 Å². The first kappa shape index (κ1) is 14.5. The van der Waals surface area contributed by atoms with Crippen molar-refractivity contribution >= 4 is 11.7 Å². The maximum Gasteiger partial charge on any atom is 0.335 e. The SMILES string of the molecule is COCCN(C)CCNc1cccc(C(=O)O)c1. The molecule has 1 aromatic rings. The highest BCUT2D eigenvalue weighted by atomic mass is 16.5. The van der Waals surface area contributed by atoms with Gasteiger partial charge < -0.3 is 20.1 Å². The van der Waals surface area contributed by atoms with Gasteiger partial charge in [0.25, 0.3) is 0 Å². The van der Waals surface area contributed by atoms with Crippen LogP contribution in [0.5, 0.6) is 0 Å². The van der Waals surface area contributed by atoms with Crippen LogP contribution >= 0.6 is 0 Å². The van der Waals surface area contributed by atoms with Gasteiger partial charge in [0.2, 0.25) is 0 Å². The number of aromatic carboxylic acids is 1. The molecule has 2 N–H and O–H groups in total. The van der Waals surface area contributed by atoms with Gasteiger partial charge in [-0.1, -0.05) is 6.07 Å². The summed E-state index contributed by atoms with van der Waals surface area (Å²) in [4.78, 5) is 13.0. The van der Waals surface area contributed by atoms with E-state index in [-0.39, 0.29) is 0 Å². The van der Waals surface area contributed by atoms with Gasteiger partial charge in [-0.15, -0.1) is 0 Å². The van der Waals surface area contributed by atoms with Gasteiger partial charge in [-0.25, -0.2) is 4.79 Å². The zero-order valence-corrected chi connectivity index (χ0v) is 10.8. The summed E-state index contributed by atoms with van der Waals surface area (Å²) in [5, 5.41) is 12.1. The summed E-state index contributed by atoms with van der Waals surface area (Å²) in [5.41, 5.74) is 1.13. The molecule has 0 spiro atoms. The molecule has 100 valence electrons. The third kappa shape index (κ3) is 5.16. The van der Waals surface area contributed by atoms with Gasteiger partial charge in [-0.2, -0.15) is 0 Å². The van der Waals surface area contributed by atoms with Gasteiger partial charge in [-0.3, -0.25) is 0 Å². The fourth-order valence-corrected chi connectivity index (χ4v) is 1.51. The highest BCUT2D eigenvalue weighted by molar-refractivity contribution is 5.88. The van der Waals surface area contributed by atoms with Crippen LogP contribution in [0.25, 0.3) is 0 Å². The number of carboxylic acid groups (broad SMARTS) is 1. The van der Waals surface area contributed by atoms with Gasteiger partial charge in [0, 0.05) is 32.4 Å². The van der Waals surface area contributed by atoms with E-state index in [1.165, 1.54) is 0 Å². The number of hydrogen-bond acceptors (Lipinski definition) is 4. The molecule has 0 unspecified atom stereocenters. The lowest BCUT2D eigenvalue weighted by molar-refractivity contribution is 0.0697. The second kappa shape index (κ2) is 7.68. The molecule has 0 aromatic heterocycles. The molecule has 0 atom stereocenters. The Morgan fingerprint density at radius 1 is 1.44 bits per heavy atom. The van der Waals surface area contributed by atoms with Crippen LogP contribution in [-0.4, -0.2) is 56.4 Å². The second-order valence-electron chi connectivity index (χ2n) is 4.11. The van der Waals surface area contributed by atoms with Crippen molar-refractivity contribution in [1.29, 1.82) is 0 Å². The van der Waals surface area contributed by atoms with Crippen LogP contribution < -0.4 is 5.32 Å². The van der Waals surface area contributed by atoms with Crippen molar-refractivity contribution in [3.63, 3.8) is 0 Å². The average Bonchev–Trinajstić information content (AvgIpc) is 2.36. The number of nitrogens with zero attached hydrogens (tertiary/aromatic N) is 1. The molecule has 0 bridgehead atoms. The second-order valence-corrected chi connectivity index (χ2v) is 4.11. The van der Waals surface area contributed by atoms with E-state index >= 15 is 0 Å². The Hall–Kier alpha value is -1.59. The Kier molecular flexibility index (Phi) is 6.18. The normalized spacial score (nSPS) is 10.6. The highest BCUT2D eigenvalue weighted by Gasteiger charge is 2.03. The van der Waals surface area contributed by atoms with Crippen LogP contribution in [0.15, 0.2) is 24.3 Å². The molecule has 0 aliphatic heterocycles. The monoisotopic (exact) mass is 252 g/mol. The van der Waals surface area contributed by atoms with Crippen molar-refractivity contribution < 1.29 is 14.6 Å². The predicted molar refractivity (Wildman–Crippen MR) is 71.3 cm³/mol. The maximum absolute atomic E-state index is 10.8. The van der Waals surface area contributed by atoms with Gasteiger partial charge in [0.15, 0.2) is 0 Å². The molecule has 1 rings (SSSR count). The summed E-state index contributed by atoms with van der Waals surface area (Å²) < 4.78 is 4.99. The summed E-state index contributed by atoms with van der Waals surface area (Å²) >= 11 is 0. The van der Waals surface area contributed by atoms with Crippen LogP contribution in [-0.2, 0) is 4.74 Å². The molecular formula is C13H20N2O3. The van der Waals surface area contributed by atoms with E-state index in [9.17, 15) is 4.79 Å². The van der Waals surface area contributed by atoms with Crippen LogP contribution in [0.2, 0.25) is 0 Å². The quantitative estimate of drug-likeness (QED) is 0.732. The molecule has 18 heavy (non-hydrogen) atoms. The lowest BCUT2D eigenvalue weighted by Gasteiger charge is -2.16. The molecule has 0 amide bonds. The third-order valence-corrected chi connectivity index (χ3v) is 2.61. The molecule has 5 nitrogen and oxygen atoms in total. The number of benzene rings is 1. The minimum absolute atomic E-state index is 0.299. The number of carboxylic acids is 1. The Bertz CT molecular complexity index is 382. The number of likely N-dealkylation sites (N-methyl/N-ethyl adjacent to an activating group) is 1. The molecule has 5 heteroatoms. The summed E-state index contributed by atoms with van der Waals surface area (Å²) in [6.07, 6.45) is 0. The number of nitrogens with one attached hydrogen (secondary N) is 1. The Labute approximate surface area is 107 Å². The lowest BCUT2D eigenvalue weighted by Crippen LogP contribution is -2.28. The summed E-state index contributed by atoms with van der Waals surface area (Å²) in [6.45, 7) is 3.24. The Balaban J connectivity index is 2.35. The zero-order chi connectivity index (χ0) is 13.4. The fourth-order valence-electron chi connectivity index (χ4n) is 1.51. The third-order valence-electron chi connectivity index (χ3n) is 2.61. The standard InChI is InChI=1S/C13H20N2O3/c1-15(8-9-18-2)7-6-14-12-5-3-4-11(10-12)13(16)17/h3-5,10,14H,6-9H2,1-2H3,(H,16,17). The van der Waals surface area contributed by atoms with E-state index in [0.29, 0.717) is 12.2 Å². The fraction of sp³-hybridized carbons (Fsp3) is 0.462. The number of anilines is 1. The van der Waals surface area contributed by atoms with Crippen LogP contribution in [0.3, 0.4) is 0 Å². The Morgan fingerprint density at radius 3 is 2.89 bits per heavy atom. The molecule has 0 aliphatic rings. The van der Waals surface area contributed by atoms with Crippen molar-refractivity contribution in [1.82, 2.24) is 4.90 Å². The first-order valence-corrected chi connectivity index (χ1v) is 5.88. The predicted octanol–water partition coefficient (Wildman–Crippen LogP) is 1.37. The average molecular weight is 252 g/mol. The molecule has 0 saturated heterocycles. The van der Waals surface area contributed by atoms with E-state index in [4.69, 9.17) is 9.84 Å². The first-order chi connectivity index (χ1) is 8.63. The smallest absolute Gasteiger partial charge is 0.335 e.